The third-order valence-electron chi connectivity index (χ3n) is 6.72. The topological polar surface area (TPSA) is 136 Å². The van der Waals surface area contributed by atoms with Crippen LogP contribution in [0.25, 0.3) is 0 Å². The summed E-state index contributed by atoms with van der Waals surface area (Å²) in [4.78, 5) is 63.2. The van der Waals surface area contributed by atoms with Crippen LogP contribution in [0.4, 0.5) is 10.5 Å². The molecule has 1 saturated heterocycles. The van der Waals surface area contributed by atoms with E-state index in [1.165, 1.54) is 4.90 Å². The summed E-state index contributed by atoms with van der Waals surface area (Å²) in [6, 6.07) is 4.03. The number of hydrogen-bond acceptors (Lipinski definition) is 6. The molecule has 0 radical (unpaired) electrons. The lowest BCUT2D eigenvalue weighted by Gasteiger charge is -2.33. The molecule has 10 heteroatoms. The van der Waals surface area contributed by atoms with Gasteiger partial charge < -0.3 is 15.3 Å². The minimum Gasteiger partial charge on any atom is -0.465 e. The first kappa shape index (κ1) is 21.8. The largest absolute Gasteiger partial charge is 0.465 e. The van der Waals surface area contributed by atoms with Gasteiger partial charge in [-0.2, -0.15) is 0 Å². The Morgan fingerprint density at radius 1 is 1.12 bits per heavy atom. The molecule has 10 nitrogen and oxygen atoms in total. The van der Waals surface area contributed by atoms with Crippen molar-refractivity contribution in [1.82, 2.24) is 15.1 Å². The van der Waals surface area contributed by atoms with Crippen molar-refractivity contribution in [1.29, 1.82) is 0 Å². The number of carbonyl (C=O) groups excluding carboxylic acids is 4. The van der Waals surface area contributed by atoms with Crippen LogP contribution >= 0.6 is 0 Å². The van der Waals surface area contributed by atoms with Gasteiger partial charge in [-0.25, -0.2) is 4.79 Å². The number of carbonyl (C=O) groups is 5. The fraction of sp³-hybridized carbons (Fsp3) is 0.500. The third kappa shape index (κ3) is 3.92. The lowest BCUT2D eigenvalue weighted by Crippen LogP contribution is -2.54. The van der Waals surface area contributed by atoms with Crippen LogP contribution in [0, 0.1) is 5.92 Å². The molecule has 2 fully saturated rings. The van der Waals surface area contributed by atoms with E-state index in [0.717, 1.165) is 30.6 Å². The van der Waals surface area contributed by atoms with Crippen molar-refractivity contribution in [3.63, 3.8) is 0 Å². The number of piperidine rings is 1. The van der Waals surface area contributed by atoms with E-state index in [9.17, 15) is 24.0 Å². The normalized spacial score (nSPS) is 25.4. The molecule has 0 spiro atoms. The Bertz CT molecular complexity index is 985. The smallest absolute Gasteiger partial charge is 0.407 e. The Morgan fingerprint density at radius 2 is 1.84 bits per heavy atom. The maximum atomic E-state index is 13.1. The Hall–Kier alpha value is -3.43. The van der Waals surface area contributed by atoms with Crippen LogP contribution in [0.2, 0.25) is 0 Å². The van der Waals surface area contributed by atoms with E-state index in [0.29, 0.717) is 18.2 Å². The highest BCUT2D eigenvalue weighted by Crippen LogP contribution is 2.33. The number of amides is 5. The first-order valence-corrected chi connectivity index (χ1v) is 10.8. The highest BCUT2D eigenvalue weighted by Gasteiger charge is 2.45. The molecule has 1 atom stereocenters. The van der Waals surface area contributed by atoms with Crippen molar-refractivity contribution >= 4 is 35.4 Å². The predicted molar refractivity (Wildman–Crippen MR) is 113 cm³/mol. The van der Waals surface area contributed by atoms with Crippen LogP contribution < -0.4 is 10.6 Å². The molecule has 3 aliphatic rings. The zero-order chi connectivity index (χ0) is 23.0. The van der Waals surface area contributed by atoms with Gasteiger partial charge in [0.1, 0.15) is 6.04 Å². The van der Waals surface area contributed by atoms with E-state index in [-0.39, 0.29) is 30.0 Å². The molecule has 170 valence electrons. The molecule has 1 aliphatic carbocycles. The van der Waals surface area contributed by atoms with Gasteiger partial charge in [-0.05, 0) is 50.2 Å². The number of rotatable bonds is 5. The van der Waals surface area contributed by atoms with E-state index in [1.54, 1.807) is 25.2 Å². The number of fused-ring (bicyclic) bond motifs is 1. The molecule has 4 rings (SSSR count). The first-order valence-electron chi connectivity index (χ1n) is 10.8. The number of carboxylic acid groups (broad SMARTS) is 1. The van der Waals surface area contributed by atoms with E-state index >= 15 is 0 Å². The van der Waals surface area contributed by atoms with E-state index in [1.807, 2.05) is 0 Å². The molecule has 2 aliphatic heterocycles. The summed E-state index contributed by atoms with van der Waals surface area (Å²) >= 11 is 0. The average molecular weight is 442 g/mol. The Labute approximate surface area is 184 Å². The second kappa shape index (κ2) is 8.60. The van der Waals surface area contributed by atoms with Gasteiger partial charge >= 0.3 is 6.09 Å². The van der Waals surface area contributed by atoms with Crippen LogP contribution in [-0.4, -0.2) is 70.3 Å². The molecule has 1 saturated carbocycles. The van der Waals surface area contributed by atoms with Gasteiger partial charge in [0, 0.05) is 31.7 Å². The summed E-state index contributed by atoms with van der Waals surface area (Å²) in [5.74, 6) is -1.78. The predicted octanol–water partition coefficient (Wildman–Crippen LogP) is 1.67. The number of anilines is 1. The standard InChI is InChI=1S/C22H26N4O6/c1-25(22(31)32)13-7-5-12(6-8-13)11-23-15-4-2-3-14-18(15)21(30)26(20(14)29)16-9-10-17(27)24-19(16)28/h2-4,12-13,16,23H,5-11H2,1H3,(H,31,32)(H,24,27,28)/t12-,13+,16?. The summed E-state index contributed by atoms with van der Waals surface area (Å²) in [5.41, 5.74) is 1.04. The summed E-state index contributed by atoms with van der Waals surface area (Å²) in [6.45, 7) is 0.597. The summed E-state index contributed by atoms with van der Waals surface area (Å²) in [5, 5.41) is 14.6. The van der Waals surface area contributed by atoms with Crippen LogP contribution in [0.1, 0.15) is 59.2 Å². The zero-order valence-corrected chi connectivity index (χ0v) is 17.8. The molecular formula is C22H26N4O6. The number of nitrogens with zero attached hydrogens (tertiary/aromatic N) is 2. The van der Waals surface area contributed by atoms with Gasteiger partial charge in [0.2, 0.25) is 11.8 Å². The van der Waals surface area contributed by atoms with Crippen molar-refractivity contribution in [3.8, 4) is 0 Å². The van der Waals surface area contributed by atoms with Gasteiger partial charge in [0.15, 0.2) is 0 Å². The van der Waals surface area contributed by atoms with Crippen LogP contribution in [0.15, 0.2) is 18.2 Å². The van der Waals surface area contributed by atoms with Gasteiger partial charge in [-0.1, -0.05) is 6.07 Å². The second-order valence-electron chi connectivity index (χ2n) is 8.62. The maximum absolute atomic E-state index is 13.1. The summed E-state index contributed by atoms with van der Waals surface area (Å²) in [7, 11) is 1.59. The highest BCUT2D eigenvalue weighted by atomic mass is 16.4. The van der Waals surface area contributed by atoms with Crippen LogP contribution in [0.5, 0.6) is 0 Å². The van der Waals surface area contributed by atoms with Crippen molar-refractivity contribution in [2.45, 2.75) is 50.6 Å². The Morgan fingerprint density at radius 3 is 2.50 bits per heavy atom. The average Bonchev–Trinajstić information content (AvgIpc) is 3.03. The van der Waals surface area contributed by atoms with Gasteiger partial charge in [-0.15, -0.1) is 0 Å². The minimum absolute atomic E-state index is 0.0194. The van der Waals surface area contributed by atoms with E-state index in [2.05, 4.69) is 10.6 Å². The fourth-order valence-corrected chi connectivity index (χ4v) is 4.81. The molecule has 0 aromatic heterocycles. The zero-order valence-electron chi connectivity index (χ0n) is 17.8. The molecule has 1 unspecified atom stereocenters. The Kier molecular flexibility index (Phi) is 5.86. The second-order valence-corrected chi connectivity index (χ2v) is 8.62. The van der Waals surface area contributed by atoms with Gasteiger partial charge in [0.05, 0.1) is 11.1 Å². The molecule has 1 aromatic rings. The molecule has 32 heavy (non-hydrogen) atoms. The van der Waals surface area contributed by atoms with Crippen LogP contribution in [0.3, 0.4) is 0 Å². The fourth-order valence-electron chi connectivity index (χ4n) is 4.81. The molecule has 5 amide bonds. The SMILES string of the molecule is CN(C(=O)O)[C@H]1CC[C@@H](CNc2cccc3c2C(=O)N(C2CCC(=O)NC2=O)C3=O)CC1. The monoisotopic (exact) mass is 442 g/mol. The summed E-state index contributed by atoms with van der Waals surface area (Å²) < 4.78 is 0. The molecule has 1 aromatic carbocycles. The molecule has 2 heterocycles. The van der Waals surface area contributed by atoms with E-state index < -0.39 is 35.8 Å². The van der Waals surface area contributed by atoms with Crippen LogP contribution in [-0.2, 0) is 9.59 Å². The van der Waals surface area contributed by atoms with Crippen molar-refractivity contribution in [3.05, 3.63) is 29.3 Å². The first-order chi connectivity index (χ1) is 15.3. The van der Waals surface area contributed by atoms with Crippen molar-refractivity contribution in [2.75, 3.05) is 18.9 Å². The lowest BCUT2D eigenvalue weighted by molar-refractivity contribution is -0.136. The van der Waals surface area contributed by atoms with Crippen molar-refractivity contribution < 1.29 is 29.1 Å². The molecular weight excluding hydrogens is 416 g/mol. The third-order valence-corrected chi connectivity index (χ3v) is 6.72. The number of imide groups is 2. The van der Waals surface area contributed by atoms with Crippen molar-refractivity contribution in [2.24, 2.45) is 5.92 Å². The number of nitrogens with one attached hydrogen (secondary N) is 2. The van der Waals surface area contributed by atoms with Gasteiger partial charge in [0.25, 0.3) is 11.8 Å². The molecule has 0 bridgehead atoms. The maximum Gasteiger partial charge on any atom is 0.407 e. The number of benzene rings is 1. The highest BCUT2D eigenvalue weighted by molar-refractivity contribution is 6.25. The minimum atomic E-state index is -0.991. The lowest BCUT2D eigenvalue weighted by atomic mass is 9.85. The quantitative estimate of drug-likeness (QED) is 0.590. The molecule has 3 N–H and O–H groups in total. The van der Waals surface area contributed by atoms with E-state index in [4.69, 9.17) is 5.11 Å². The number of hydrogen-bond donors (Lipinski definition) is 3. The summed E-state index contributed by atoms with van der Waals surface area (Å²) in [6.07, 6.45) is 2.56. The van der Waals surface area contributed by atoms with Gasteiger partial charge in [-0.3, -0.25) is 29.4 Å². The Balaban J connectivity index is 1.43.